The molecule has 0 spiro atoms. The zero-order chi connectivity index (χ0) is 13.7. The summed E-state index contributed by atoms with van der Waals surface area (Å²) in [6.07, 6.45) is 2.99. The molecule has 104 valence electrons. The van der Waals surface area contributed by atoms with Crippen molar-refractivity contribution in [2.45, 2.75) is 39.7 Å². The summed E-state index contributed by atoms with van der Waals surface area (Å²) in [6.45, 7) is 7.82. The van der Waals surface area contributed by atoms with Crippen LogP contribution in [0.4, 0.5) is 0 Å². The van der Waals surface area contributed by atoms with Gasteiger partial charge >= 0.3 is 0 Å². The van der Waals surface area contributed by atoms with E-state index in [0.717, 1.165) is 51.0 Å². The molecule has 0 atom stereocenters. The highest BCUT2D eigenvalue weighted by atomic mass is 16.2. The maximum absolute atomic E-state index is 12.7. The van der Waals surface area contributed by atoms with Crippen LogP contribution in [0, 0.1) is 0 Å². The van der Waals surface area contributed by atoms with Gasteiger partial charge in [0.15, 0.2) is 0 Å². The highest BCUT2D eigenvalue weighted by molar-refractivity contribution is 5.96. The molecule has 1 aromatic carbocycles. The monoisotopic (exact) mass is 260 g/mol. The van der Waals surface area contributed by atoms with Crippen LogP contribution in [0.1, 0.15) is 48.2 Å². The van der Waals surface area contributed by atoms with E-state index in [1.54, 1.807) is 0 Å². The molecule has 1 aromatic rings. The van der Waals surface area contributed by atoms with E-state index < -0.39 is 0 Å². The highest BCUT2D eigenvalue weighted by Gasteiger charge is 2.20. The SMILES string of the molecule is CCCN(CCC)C(=O)c1cccc2c1CCNC2. The lowest BCUT2D eigenvalue weighted by Gasteiger charge is -2.25. The van der Waals surface area contributed by atoms with Crippen molar-refractivity contribution in [2.75, 3.05) is 19.6 Å². The van der Waals surface area contributed by atoms with Crippen LogP contribution in [-0.4, -0.2) is 30.4 Å². The van der Waals surface area contributed by atoms with Gasteiger partial charge in [0.05, 0.1) is 0 Å². The Bertz CT molecular complexity index is 436. The molecular weight excluding hydrogens is 236 g/mol. The summed E-state index contributed by atoms with van der Waals surface area (Å²) in [5.74, 6) is 0.211. The molecule has 0 aliphatic carbocycles. The van der Waals surface area contributed by atoms with Gasteiger partial charge in [-0.25, -0.2) is 0 Å². The third-order valence-corrected chi connectivity index (χ3v) is 3.64. The largest absolute Gasteiger partial charge is 0.339 e. The summed E-state index contributed by atoms with van der Waals surface area (Å²) < 4.78 is 0. The first kappa shape index (κ1) is 14.1. The first-order chi connectivity index (χ1) is 9.27. The van der Waals surface area contributed by atoms with E-state index >= 15 is 0 Å². The minimum Gasteiger partial charge on any atom is -0.339 e. The van der Waals surface area contributed by atoms with Gasteiger partial charge in [0, 0.05) is 25.2 Å². The summed E-state index contributed by atoms with van der Waals surface area (Å²) in [5.41, 5.74) is 3.45. The lowest BCUT2D eigenvalue weighted by molar-refractivity contribution is 0.0754. The van der Waals surface area contributed by atoms with E-state index in [9.17, 15) is 4.79 Å². The van der Waals surface area contributed by atoms with Gasteiger partial charge in [-0.2, -0.15) is 0 Å². The maximum Gasteiger partial charge on any atom is 0.254 e. The van der Waals surface area contributed by atoms with E-state index in [-0.39, 0.29) is 5.91 Å². The minimum absolute atomic E-state index is 0.211. The summed E-state index contributed by atoms with van der Waals surface area (Å²) in [4.78, 5) is 14.7. The second-order valence-corrected chi connectivity index (χ2v) is 5.16. The number of hydrogen-bond acceptors (Lipinski definition) is 2. The van der Waals surface area contributed by atoms with Gasteiger partial charge in [0.1, 0.15) is 0 Å². The Balaban J connectivity index is 2.27. The van der Waals surface area contributed by atoms with Gasteiger partial charge < -0.3 is 10.2 Å². The molecule has 0 aromatic heterocycles. The average molecular weight is 260 g/mol. The first-order valence-electron chi connectivity index (χ1n) is 7.38. The molecule has 3 heteroatoms. The Morgan fingerprint density at radius 3 is 2.68 bits per heavy atom. The van der Waals surface area contributed by atoms with E-state index in [0.29, 0.717) is 0 Å². The van der Waals surface area contributed by atoms with Crippen LogP contribution in [-0.2, 0) is 13.0 Å². The van der Waals surface area contributed by atoms with Gasteiger partial charge in [-0.3, -0.25) is 4.79 Å². The average Bonchev–Trinajstić information content (AvgIpc) is 2.46. The highest BCUT2D eigenvalue weighted by Crippen LogP contribution is 2.20. The van der Waals surface area contributed by atoms with Crippen LogP contribution in [0.25, 0.3) is 0 Å². The van der Waals surface area contributed by atoms with Crippen LogP contribution in [0.5, 0.6) is 0 Å². The molecule has 1 aliphatic heterocycles. The Labute approximate surface area is 116 Å². The van der Waals surface area contributed by atoms with Crippen molar-refractivity contribution in [1.29, 1.82) is 0 Å². The molecule has 1 N–H and O–H groups in total. The van der Waals surface area contributed by atoms with Gasteiger partial charge in [-0.05, 0) is 43.0 Å². The Morgan fingerprint density at radius 2 is 2.00 bits per heavy atom. The van der Waals surface area contributed by atoms with Crippen LogP contribution < -0.4 is 5.32 Å². The maximum atomic E-state index is 12.7. The molecule has 3 nitrogen and oxygen atoms in total. The normalized spacial score (nSPS) is 14.0. The summed E-state index contributed by atoms with van der Waals surface area (Å²) in [5, 5.41) is 3.36. The van der Waals surface area contributed by atoms with E-state index in [2.05, 4.69) is 25.2 Å². The number of carbonyl (C=O) groups is 1. The fourth-order valence-corrected chi connectivity index (χ4v) is 2.76. The number of nitrogens with zero attached hydrogens (tertiary/aromatic N) is 1. The molecule has 0 radical (unpaired) electrons. The van der Waals surface area contributed by atoms with Crippen LogP contribution in [0.2, 0.25) is 0 Å². The Hall–Kier alpha value is -1.35. The lowest BCUT2D eigenvalue weighted by Crippen LogP contribution is -2.34. The number of benzene rings is 1. The first-order valence-corrected chi connectivity index (χ1v) is 7.38. The molecular formula is C16H24N2O. The van der Waals surface area contributed by atoms with Crippen LogP contribution in [0.15, 0.2) is 18.2 Å². The van der Waals surface area contributed by atoms with Crippen molar-refractivity contribution in [2.24, 2.45) is 0 Å². The quantitative estimate of drug-likeness (QED) is 0.882. The lowest BCUT2D eigenvalue weighted by atomic mass is 9.94. The van der Waals surface area contributed by atoms with E-state index in [1.807, 2.05) is 17.0 Å². The molecule has 1 amide bonds. The number of rotatable bonds is 5. The molecule has 0 saturated carbocycles. The summed E-state index contributed by atoms with van der Waals surface area (Å²) in [6, 6.07) is 6.13. The van der Waals surface area contributed by atoms with Gasteiger partial charge in [-0.1, -0.05) is 26.0 Å². The van der Waals surface area contributed by atoms with Crippen molar-refractivity contribution in [1.82, 2.24) is 10.2 Å². The fourth-order valence-electron chi connectivity index (χ4n) is 2.76. The molecule has 2 rings (SSSR count). The van der Waals surface area contributed by atoms with E-state index in [4.69, 9.17) is 0 Å². The summed E-state index contributed by atoms with van der Waals surface area (Å²) in [7, 11) is 0. The second-order valence-electron chi connectivity index (χ2n) is 5.16. The van der Waals surface area contributed by atoms with Crippen LogP contribution in [0.3, 0.4) is 0 Å². The zero-order valence-corrected chi connectivity index (χ0v) is 12.0. The Morgan fingerprint density at radius 1 is 1.26 bits per heavy atom. The number of hydrogen-bond donors (Lipinski definition) is 1. The molecule has 19 heavy (non-hydrogen) atoms. The molecule has 1 aliphatic rings. The van der Waals surface area contributed by atoms with Crippen molar-refractivity contribution in [3.05, 3.63) is 34.9 Å². The predicted molar refractivity (Wildman–Crippen MR) is 78.3 cm³/mol. The predicted octanol–water partition coefficient (Wildman–Crippen LogP) is 2.59. The van der Waals surface area contributed by atoms with Crippen molar-refractivity contribution in [3.8, 4) is 0 Å². The fraction of sp³-hybridized carbons (Fsp3) is 0.562. The summed E-state index contributed by atoms with van der Waals surface area (Å²) >= 11 is 0. The molecule has 1 heterocycles. The topological polar surface area (TPSA) is 32.3 Å². The van der Waals surface area contributed by atoms with Crippen LogP contribution >= 0.6 is 0 Å². The number of carbonyl (C=O) groups excluding carboxylic acids is 1. The zero-order valence-electron chi connectivity index (χ0n) is 12.0. The third-order valence-electron chi connectivity index (χ3n) is 3.64. The van der Waals surface area contributed by atoms with E-state index in [1.165, 1.54) is 11.1 Å². The number of fused-ring (bicyclic) bond motifs is 1. The third kappa shape index (κ3) is 3.16. The smallest absolute Gasteiger partial charge is 0.254 e. The molecule has 0 unspecified atom stereocenters. The minimum atomic E-state index is 0.211. The Kier molecular flexibility index (Phi) is 4.97. The van der Waals surface area contributed by atoms with Gasteiger partial charge in [-0.15, -0.1) is 0 Å². The van der Waals surface area contributed by atoms with Gasteiger partial charge in [0.2, 0.25) is 0 Å². The van der Waals surface area contributed by atoms with Gasteiger partial charge in [0.25, 0.3) is 5.91 Å². The molecule has 0 bridgehead atoms. The number of nitrogens with one attached hydrogen (secondary N) is 1. The second kappa shape index (κ2) is 6.71. The standard InChI is InChI=1S/C16H24N2O/c1-3-10-18(11-4-2)16(19)15-7-5-6-13-12-17-9-8-14(13)15/h5-7,17H,3-4,8-12H2,1-2H3. The number of amides is 1. The molecule has 0 fully saturated rings. The van der Waals surface area contributed by atoms with Crippen molar-refractivity contribution < 1.29 is 4.79 Å². The molecule has 0 saturated heterocycles. The van der Waals surface area contributed by atoms with Crippen molar-refractivity contribution in [3.63, 3.8) is 0 Å². The van der Waals surface area contributed by atoms with Crippen molar-refractivity contribution >= 4 is 5.91 Å².